The summed E-state index contributed by atoms with van der Waals surface area (Å²) in [6.45, 7) is 5.11. The molecule has 0 aromatic heterocycles. The van der Waals surface area contributed by atoms with Gasteiger partial charge in [0.05, 0.1) is 19.2 Å². The highest BCUT2D eigenvalue weighted by atomic mass is 16.5. The zero-order chi connectivity index (χ0) is 18.1. The molecule has 130 valence electrons. The van der Waals surface area contributed by atoms with Gasteiger partial charge in [0.15, 0.2) is 0 Å². The molecule has 0 unspecified atom stereocenters. The van der Waals surface area contributed by atoms with Crippen molar-refractivity contribution in [2.75, 3.05) is 33.8 Å². The first kappa shape index (κ1) is 19.4. The molecule has 0 fully saturated rings. The third kappa shape index (κ3) is 5.53. The maximum atomic E-state index is 12.1. The fourth-order valence-electron chi connectivity index (χ4n) is 2.10. The summed E-state index contributed by atoms with van der Waals surface area (Å²) >= 11 is 0. The van der Waals surface area contributed by atoms with Crippen molar-refractivity contribution in [1.29, 1.82) is 0 Å². The molecular weight excluding hydrogens is 308 g/mol. The SMILES string of the molecule is CCN(CC)C(=O)CN(C)C(=O)/C=C/c1ccc(C(=O)OC)cc1. The van der Waals surface area contributed by atoms with Crippen molar-refractivity contribution in [3.63, 3.8) is 0 Å². The Labute approximate surface area is 142 Å². The predicted octanol–water partition coefficient (Wildman–Crippen LogP) is 1.81. The zero-order valence-electron chi connectivity index (χ0n) is 14.6. The molecule has 24 heavy (non-hydrogen) atoms. The van der Waals surface area contributed by atoms with E-state index in [4.69, 9.17) is 0 Å². The fourth-order valence-corrected chi connectivity index (χ4v) is 2.10. The van der Waals surface area contributed by atoms with E-state index >= 15 is 0 Å². The summed E-state index contributed by atoms with van der Waals surface area (Å²) < 4.78 is 4.63. The van der Waals surface area contributed by atoms with Crippen LogP contribution in [-0.4, -0.2) is 61.4 Å². The van der Waals surface area contributed by atoms with Gasteiger partial charge in [-0.2, -0.15) is 0 Å². The minimum absolute atomic E-state index is 0.0477. The molecule has 2 amide bonds. The molecule has 0 N–H and O–H groups in total. The number of hydrogen-bond acceptors (Lipinski definition) is 4. The monoisotopic (exact) mass is 332 g/mol. The quantitative estimate of drug-likeness (QED) is 0.564. The van der Waals surface area contributed by atoms with E-state index in [1.54, 1.807) is 42.3 Å². The molecule has 0 bridgehead atoms. The smallest absolute Gasteiger partial charge is 0.337 e. The van der Waals surface area contributed by atoms with Crippen molar-refractivity contribution in [1.82, 2.24) is 9.80 Å². The first-order valence-electron chi connectivity index (χ1n) is 7.82. The first-order chi connectivity index (χ1) is 11.4. The summed E-state index contributed by atoms with van der Waals surface area (Å²) in [6.07, 6.45) is 3.05. The van der Waals surface area contributed by atoms with Crippen LogP contribution in [0.3, 0.4) is 0 Å². The molecule has 0 aliphatic rings. The Morgan fingerprint density at radius 3 is 2.17 bits per heavy atom. The molecule has 0 radical (unpaired) electrons. The van der Waals surface area contributed by atoms with E-state index in [0.717, 1.165) is 5.56 Å². The van der Waals surface area contributed by atoms with E-state index in [1.165, 1.54) is 18.1 Å². The summed E-state index contributed by atoms with van der Waals surface area (Å²) in [7, 11) is 2.92. The maximum absolute atomic E-state index is 12.1. The third-order valence-corrected chi connectivity index (χ3v) is 3.61. The number of esters is 1. The number of likely N-dealkylation sites (N-methyl/N-ethyl adjacent to an activating group) is 2. The van der Waals surface area contributed by atoms with Gasteiger partial charge in [-0.15, -0.1) is 0 Å². The van der Waals surface area contributed by atoms with Gasteiger partial charge in [0.25, 0.3) is 0 Å². The zero-order valence-corrected chi connectivity index (χ0v) is 14.6. The van der Waals surface area contributed by atoms with Gasteiger partial charge >= 0.3 is 5.97 Å². The van der Waals surface area contributed by atoms with Crippen molar-refractivity contribution >= 4 is 23.9 Å². The predicted molar refractivity (Wildman–Crippen MR) is 92.4 cm³/mol. The molecule has 0 heterocycles. The lowest BCUT2D eigenvalue weighted by atomic mass is 10.1. The number of hydrogen-bond donors (Lipinski definition) is 0. The number of nitrogens with zero attached hydrogens (tertiary/aromatic N) is 2. The Bertz CT molecular complexity index is 604. The molecule has 0 spiro atoms. The molecule has 0 saturated heterocycles. The van der Waals surface area contributed by atoms with Crippen LogP contribution in [0.5, 0.6) is 0 Å². The highest BCUT2D eigenvalue weighted by Gasteiger charge is 2.14. The van der Waals surface area contributed by atoms with Gasteiger partial charge in [-0.3, -0.25) is 9.59 Å². The van der Waals surface area contributed by atoms with Crippen molar-refractivity contribution in [3.8, 4) is 0 Å². The highest BCUT2D eigenvalue weighted by Crippen LogP contribution is 2.07. The summed E-state index contributed by atoms with van der Waals surface area (Å²) in [5.74, 6) is -0.740. The molecule has 1 aromatic rings. The molecule has 0 saturated carbocycles. The number of ether oxygens (including phenoxy) is 1. The van der Waals surface area contributed by atoms with Gasteiger partial charge < -0.3 is 14.5 Å². The molecular formula is C18H24N2O4. The van der Waals surface area contributed by atoms with Gasteiger partial charge in [-0.25, -0.2) is 4.79 Å². The normalized spacial score (nSPS) is 10.5. The van der Waals surface area contributed by atoms with Gasteiger partial charge in [0.1, 0.15) is 0 Å². The Morgan fingerprint density at radius 1 is 1.08 bits per heavy atom. The molecule has 0 aliphatic heterocycles. The number of benzene rings is 1. The van der Waals surface area contributed by atoms with Crippen molar-refractivity contribution in [2.24, 2.45) is 0 Å². The summed E-state index contributed by atoms with van der Waals surface area (Å²) in [5, 5.41) is 0. The Morgan fingerprint density at radius 2 is 1.67 bits per heavy atom. The van der Waals surface area contributed by atoms with Crippen LogP contribution in [0.15, 0.2) is 30.3 Å². The Hall–Kier alpha value is -2.63. The second-order valence-corrected chi connectivity index (χ2v) is 5.21. The van der Waals surface area contributed by atoms with E-state index in [-0.39, 0.29) is 18.4 Å². The van der Waals surface area contributed by atoms with Crippen molar-refractivity contribution in [3.05, 3.63) is 41.5 Å². The van der Waals surface area contributed by atoms with Crippen LogP contribution in [0.1, 0.15) is 29.8 Å². The Kier molecular flexibility index (Phi) is 7.68. The van der Waals surface area contributed by atoms with E-state index < -0.39 is 5.97 Å². The summed E-state index contributed by atoms with van der Waals surface area (Å²) in [5.41, 5.74) is 1.22. The first-order valence-corrected chi connectivity index (χ1v) is 7.82. The van der Waals surface area contributed by atoms with Gasteiger partial charge in [-0.1, -0.05) is 12.1 Å². The molecule has 6 heteroatoms. The number of carbonyl (C=O) groups is 3. The topological polar surface area (TPSA) is 66.9 Å². The van der Waals surface area contributed by atoms with Crippen LogP contribution in [0, 0.1) is 0 Å². The lowest BCUT2D eigenvalue weighted by Crippen LogP contribution is -2.40. The molecule has 0 aliphatic carbocycles. The van der Waals surface area contributed by atoms with E-state index in [2.05, 4.69) is 4.74 Å². The second kappa shape index (κ2) is 9.50. The lowest BCUT2D eigenvalue weighted by molar-refractivity contribution is -0.136. The Balaban J connectivity index is 2.64. The van der Waals surface area contributed by atoms with E-state index in [9.17, 15) is 14.4 Å². The van der Waals surface area contributed by atoms with Gasteiger partial charge in [0.2, 0.25) is 11.8 Å². The van der Waals surface area contributed by atoms with Crippen LogP contribution in [0.2, 0.25) is 0 Å². The maximum Gasteiger partial charge on any atom is 0.337 e. The standard InChI is InChI=1S/C18H24N2O4/c1-5-20(6-2)17(22)13-19(3)16(21)12-9-14-7-10-15(11-8-14)18(23)24-4/h7-12H,5-6,13H2,1-4H3/b12-9+. The van der Waals surface area contributed by atoms with Crippen LogP contribution >= 0.6 is 0 Å². The summed E-state index contributed by atoms with van der Waals surface area (Å²) in [6, 6.07) is 6.70. The van der Waals surface area contributed by atoms with Crippen LogP contribution < -0.4 is 0 Å². The lowest BCUT2D eigenvalue weighted by Gasteiger charge is -2.22. The van der Waals surface area contributed by atoms with Crippen molar-refractivity contribution < 1.29 is 19.1 Å². The largest absolute Gasteiger partial charge is 0.465 e. The van der Waals surface area contributed by atoms with Crippen LogP contribution in [-0.2, 0) is 14.3 Å². The average molecular weight is 332 g/mol. The fraction of sp³-hybridized carbons (Fsp3) is 0.389. The van der Waals surface area contributed by atoms with E-state index in [1.807, 2.05) is 13.8 Å². The minimum Gasteiger partial charge on any atom is -0.465 e. The van der Waals surface area contributed by atoms with Gasteiger partial charge in [-0.05, 0) is 37.6 Å². The number of carbonyl (C=O) groups excluding carboxylic acids is 3. The molecule has 0 atom stereocenters. The third-order valence-electron chi connectivity index (χ3n) is 3.61. The highest BCUT2D eigenvalue weighted by molar-refractivity contribution is 5.94. The van der Waals surface area contributed by atoms with Crippen molar-refractivity contribution in [2.45, 2.75) is 13.8 Å². The van der Waals surface area contributed by atoms with Crippen LogP contribution in [0.4, 0.5) is 0 Å². The second-order valence-electron chi connectivity index (χ2n) is 5.21. The average Bonchev–Trinajstić information content (AvgIpc) is 2.60. The number of rotatable bonds is 7. The molecule has 1 rings (SSSR count). The molecule has 1 aromatic carbocycles. The molecule has 6 nitrogen and oxygen atoms in total. The van der Waals surface area contributed by atoms with E-state index in [0.29, 0.717) is 18.7 Å². The minimum atomic E-state index is -0.406. The van der Waals surface area contributed by atoms with Gasteiger partial charge in [0, 0.05) is 26.2 Å². The van der Waals surface area contributed by atoms with Crippen LogP contribution in [0.25, 0.3) is 6.08 Å². The number of methoxy groups -OCH3 is 1. The number of amides is 2. The summed E-state index contributed by atoms with van der Waals surface area (Å²) in [4.78, 5) is 38.5.